The Balaban J connectivity index is 0.000000369. The minimum atomic E-state index is -5.16. The van der Waals surface area contributed by atoms with Crippen molar-refractivity contribution in [2.45, 2.75) is 36.8 Å². The number of amides is 1. The fourth-order valence-corrected chi connectivity index (χ4v) is 5.25. The van der Waals surface area contributed by atoms with Crippen LogP contribution in [0.3, 0.4) is 0 Å². The molecule has 1 aromatic rings. The first-order valence-electron chi connectivity index (χ1n) is 8.71. The van der Waals surface area contributed by atoms with Gasteiger partial charge in [-0.15, -0.1) is 0 Å². The molecule has 9 nitrogen and oxygen atoms in total. The molecule has 2 unspecified atom stereocenters. The molecule has 1 aromatic heterocycles. The molecule has 10 heteroatoms. The molecule has 0 saturated carbocycles. The molecule has 1 aliphatic carbocycles. The van der Waals surface area contributed by atoms with Crippen LogP contribution in [0, 0.1) is 0 Å². The van der Waals surface area contributed by atoms with E-state index >= 15 is 0 Å². The second-order valence-electron chi connectivity index (χ2n) is 6.31. The van der Waals surface area contributed by atoms with Crippen molar-refractivity contribution >= 4 is 20.1 Å². The van der Waals surface area contributed by atoms with Crippen molar-refractivity contribution in [3.63, 3.8) is 0 Å². The molecule has 2 atom stereocenters. The Morgan fingerprint density at radius 3 is 2.48 bits per heavy atom. The summed E-state index contributed by atoms with van der Waals surface area (Å²) in [6, 6.07) is 0. The average Bonchev–Trinajstić information content (AvgIpc) is 2.70. The summed E-state index contributed by atoms with van der Waals surface area (Å²) in [5.41, 5.74) is 0.703. The Labute approximate surface area is 160 Å². The maximum atomic E-state index is 12.3. The monoisotopic (exact) mass is 440 g/mol. The standard InChI is InChI=1S/C12H14AsN3O5.C5H11N/c1-9(17)16-10-2-4-12(5-3-10,13(18,19)21-20)11-8-14-6-7-15-11;1-2-4-6-5-3-1/h2-4,6-8,20H,5H2,1H3,(H,16,17)(H,18,19);6H,1-5H2. The Kier molecular flexibility index (Phi) is 7.94. The summed E-state index contributed by atoms with van der Waals surface area (Å²) < 4.78 is 24.7. The predicted molar refractivity (Wildman–Crippen MR) is 98.5 cm³/mol. The zero-order valence-electron chi connectivity index (χ0n) is 15.2. The van der Waals surface area contributed by atoms with E-state index in [1.165, 1.54) is 70.0 Å². The van der Waals surface area contributed by atoms with Gasteiger partial charge in [0.1, 0.15) is 0 Å². The van der Waals surface area contributed by atoms with Gasteiger partial charge in [-0.25, -0.2) is 0 Å². The second kappa shape index (κ2) is 9.96. The molecule has 0 spiro atoms. The van der Waals surface area contributed by atoms with Crippen LogP contribution in [0.5, 0.6) is 0 Å². The zero-order chi connectivity index (χ0) is 19.8. The van der Waals surface area contributed by atoms with Crippen LogP contribution in [0.2, 0.25) is 0 Å². The van der Waals surface area contributed by atoms with Crippen molar-refractivity contribution in [2.24, 2.45) is 0 Å². The number of carbonyl (C=O) groups excluding carboxylic acids is 1. The Hall–Kier alpha value is -1.77. The van der Waals surface area contributed by atoms with Gasteiger partial charge in [0.2, 0.25) is 0 Å². The van der Waals surface area contributed by atoms with Crippen LogP contribution in [0.1, 0.15) is 38.3 Å². The third-order valence-corrected chi connectivity index (χ3v) is 8.08. The number of allylic oxidation sites excluding steroid dienone is 3. The molecular weight excluding hydrogens is 415 g/mol. The van der Waals surface area contributed by atoms with E-state index in [-0.39, 0.29) is 18.0 Å². The van der Waals surface area contributed by atoms with Gasteiger partial charge in [-0.05, 0) is 25.9 Å². The van der Waals surface area contributed by atoms with Crippen LogP contribution in [0.25, 0.3) is 0 Å². The SMILES string of the molecule is C1CCNCC1.CC(=O)NC1=CCC(c2cnccn2)([As](=O)(O)OO)C=C1. The molecule has 0 radical (unpaired) electrons. The molecule has 0 aromatic carbocycles. The number of hydrogen-bond acceptors (Lipinski definition) is 7. The van der Waals surface area contributed by atoms with E-state index in [1.807, 2.05) is 0 Å². The van der Waals surface area contributed by atoms with Crippen LogP contribution in [0.15, 0.2) is 42.5 Å². The Morgan fingerprint density at radius 2 is 2.07 bits per heavy atom. The van der Waals surface area contributed by atoms with Crippen LogP contribution >= 0.6 is 0 Å². The van der Waals surface area contributed by atoms with Gasteiger partial charge in [0.25, 0.3) is 0 Å². The van der Waals surface area contributed by atoms with E-state index in [0.29, 0.717) is 5.70 Å². The number of aromatic nitrogens is 2. The van der Waals surface area contributed by atoms with Gasteiger partial charge in [0.15, 0.2) is 0 Å². The number of rotatable bonds is 4. The summed E-state index contributed by atoms with van der Waals surface area (Å²) in [4.78, 5) is 18.9. The van der Waals surface area contributed by atoms with Crippen molar-refractivity contribution in [3.8, 4) is 0 Å². The number of nitrogens with one attached hydrogen (secondary N) is 2. The Morgan fingerprint density at radius 1 is 1.33 bits per heavy atom. The molecule has 0 bridgehead atoms. The van der Waals surface area contributed by atoms with E-state index in [4.69, 9.17) is 5.26 Å². The van der Waals surface area contributed by atoms with Gasteiger partial charge >= 0.3 is 123 Å². The molecule has 27 heavy (non-hydrogen) atoms. The molecule has 2 heterocycles. The number of carbonyl (C=O) groups is 1. The van der Waals surface area contributed by atoms with Crippen molar-refractivity contribution < 1.29 is 21.8 Å². The third kappa shape index (κ3) is 5.60. The van der Waals surface area contributed by atoms with E-state index < -0.39 is 18.4 Å². The fourth-order valence-electron chi connectivity index (χ4n) is 2.87. The van der Waals surface area contributed by atoms with Crippen molar-refractivity contribution in [1.29, 1.82) is 0 Å². The maximum absolute atomic E-state index is 12.3. The molecule has 4 N–H and O–H groups in total. The molecule has 1 amide bonds. The first-order valence-corrected chi connectivity index (χ1v) is 12.0. The molecular formula is C17H25AsN4O5. The average molecular weight is 440 g/mol. The van der Waals surface area contributed by atoms with E-state index in [9.17, 15) is 12.6 Å². The summed E-state index contributed by atoms with van der Waals surface area (Å²) in [6.45, 7) is 3.86. The first kappa shape index (κ1) is 21.5. The van der Waals surface area contributed by atoms with Gasteiger partial charge < -0.3 is 5.32 Å². The first-order chi connectivity index (χ1) is 12.9. The van der Waals surface area contributed by atoms with Crippen LogP contribution in [-0.4, -0.2) is 52.5 Å². The summed E-state index contributed by atoms with van der Waals surface area (Å²) >= 11 is -5.16. The minimum absolute atomic E-state index is 0.0331. The molecule has 1 saturated heterocycles. The summed E-state index contributed by atoms with van der Waals surface area (Å²) in [5, 5.41) is 14.7. The van der Waals surface area contributed by atoms with Gasteiger partial charge in [-0.2, -0.15) is 0 Å². The zero-order valence-corrected chi connectivity index (χ0v) is 17.0. The molecule has 148 valence electrons. The summed E-state index contributed by atoms with van der Waals surface area (Å²) in [5.74, 6) is -0.256. The van der Waals surface area contributed by atoms with Crippen LogP contribution < -0.4 is 10.6 Å². The predicted octanol–water partition coefficient (Wildman–Crippen LogP) is 0.845. The quantitative estimate of drug-likeness (QED) is 0.308. The van der Waals surface area contributed by atoms with Crippen molar-refractivity contribution in [3.05, 3.63) is 48.2 Å². The fraction of sp³-hybridized carbons (Fsp3) is 0.471. The van der Waals surface area contributed by atoms with Crippen LogP contribution in [0.4, 0.5) is 0 Å². The number of nitrogens with zero attached hydrogens (tertiary/aromatic N) is 2. The van der Waals surface area contributed by atoms with Gasteiger partial charge in [0, 0.05) is 0 Å². The van der Waals surface area contributed by atoms with Crippen LogP contribution in [-0.2, 0) is 16.6 Å². The molecule has 3 rings (SSSR count). The van der Waals surface area contributed by atoms with Gasteiger partial charge in [-0.1, -0.05) is 6.42 Å². The van der Waals surface area contributed by atoms with E-state index in [1.54, 1.807) is 6.08 Å². The van der Waals surface area contributed by atoms with E-state index in [2.05, 4.69) is 24.5 Å². The molecule has 1 aliphatic heterocycles. The molecule has 1 fully saturated rings. The number of piperidine rings is 1. The third-order valence-electron chi connectivity index (χ3n) is 4.32. The molecule has 2 aliphatic rings. The summed E-state index contributed by atoms with van der Waals surface area (Å²) in [6.07, 6.45) is 12.8. The summed E-state index contributed by atoms with van der Waals surface area (Å²) in [7, 11) is 0. The topological polar surface area (TPSA) is 134 Å². The van der Waals surface area contributed by atoms with E-state index in [0.717, 1.165) is 0 Å². The van der Waals surface area contributed by atoms with Gasteiger partial charge in [-0.3, -0.25) is 0 Å². The van der Waals surface area contributed by atoms with Gasteiger partial charge in [0.05, 0.1) is 0 Å². The van der Waals surface area contributed by atoms with Crippen molar-refractivity contribution in [1.82, 2.24) is 20.6 Å². The second-order valence-corrected chi connectivity index (χ2v) is 10.5. The van der Waals surface area contributed by atoms with Crippen molar-refractivity contribution in [2.75, 3.05) is 13.1 Å². The Bertz CT molecular complexity index is 725. The normalized spacial score (nSPS) is 24.0. The number of hydrogen-bond donors (Lipinski definition) is 4.